The smallest absolute Gasteiger partial charge is 0.253 e. The van der Waals surface area contributed by atoms with Crippen molar-refractivity contribution in [1.82, 2.24) is 19.7 Å². The quantitative estimate of drug-likeness (QED) is 0.327. The summed E-state index contributed by atoms with van der Waals surface area (Å²) in [6, 6.07) is 22.2. The summed E-state index contributed by atoms with van der Waals surface area (Å²) in [6.45, 7) is 3.71. The molecular formula is C27H25FN4OS. The minimum Gasteiger partial charge on any atom is -0.339 e. The van der Waals surface area contributed by atoms with Crippen LogP contribution in [-0.2, 0) is 5.75 Å². The van der Waals surface area contributed by atoms with Gasteiger partial charge in [-0.05, 0) is 61.7 Å². The van der Waals surface area contributed by atoms with Crippen LogP contribution in [0.25, 0.3) is 17.1 Å². The molecule has 2 heterocycles. The molecule has 0 aliphatic carbocycles. The standard InChI is InChI=1S/C27H25FN4OS/c1-19-7-9-21(10-8-19)25-29-30-27(32(25)24-13-11-23(28)12-14-24)34-18-20-5-4-6-22(17-20)26(33)31-15-2-3-16-31/h4-14,17H,2-3,15-16,18H2,1H3. The zero-order valence-electron chi connectivity index (χ0n) is 18.9. The molecule has 0 bridgehead atoms. The van der Waals surface area contributed by atoms with Gasteiger partial charge in [-0.1, -0.05) is 53.7 Å². The molecule has 1 aromatic heterocycles. The Kier molecular flexibility index (Phi) is 6.45. The van der Waals surface area contributed by atoms with Gasteiger partial charge in [-0.25, -0.2) is 4.39 Å². The van der Waals surface area contributed by atoms with Crippen molar-refractivity contribution in [2.45, 2.75) is 30.7 Å². The number of hydrogen-bond acceptors (Lipinski definition) is 4. The first-order valence-electron chi connectivity index (χ1n) is 11.4. The highest BCUT2D eigenvalue weighted by Gasteiger charge is 2.20. The van der Waals surface area contributed by atoms with Crippen molar-refractivity contribution < 1.29 is 9.18 Å². The number of thioether (sulfide) groups is 1. The Morgan fingerprint density at radius 1 is 0.971 bits per heavy atom. The largest absolute Gasteiger partial charge is 0.339 e. The maximum atomic E-state index is 13.6. The molecule has 0 atom stereocenters. The van der Waals surface area contributed by atoms with Crippen molar-refractivity contribution in [3.63, 3.8) is 0 Å². The van der Waals surface area contributed by atoms with Crippen LogP contribution in [0, 0.1) is 12.7 Å². The number of likely N-dealkylation sites (tertiary alicyclic amines) is 1. The molecule has 5 rings (SSSR count). The van der Waals surface area contributed by atoms with Gasteiger partial charge in [-0.15, -0.1) is 10.2 Å². The zero-order chi connectivity index (χ0) is 23.5. The molecule has 7 heteroatoms. The fraction of sp³-hybridized carbons (Fsp3) is 0.222. The van der Waals surface area contributed by atoms with Gasteiger partial charge in [-0.2, -0.15) is 0 Å². The van der Waals surface area contributed by atoms with E-state index in [1.807, 2.05) is 64.9 Å². The van der Waals surface area contributed by atoms with Crippen LogP contribution < -0.4 is 0 Å². The van der Waals surface area contributed by atoms with Crippen LogP contribution in [0.2, 0.25) is 0 Å². The summed E-state index contributed by atoms with van der Waals surface area (Å²) in [5.41, 5.74) is 4.66. The lowest BCUT2D eigenvalue weighted by Crippen LogP contribution is -2.27. The summed E-state index contributed by atoms with van der Waals surface area (Å²) < 4.78 is 15.6. The van der Waals surface area contributed by atoms with Gasteiger partial charge in [0.1, 0.15) is 5.82 Å². The number of carbonyl (C=O) groups is 1. The average Bonchev–Trinajstić information content (AvgIpc) is 3.54. The highest BCUT2D eigenvalue weighted by atomic mass is 32.2. The lowest BCUT2D eigenvalue weighted by Gasteiger charge is -2.15. The Bertz CT molecular complexity index is 1300. The number of carbonyl (C=O) groups excluding carboxylic acids is 1. The van der Waals surface area contributed by atoms with E-state index >= 15 is 0 Å². The van der Waals surface area contributed by atoms with E-state index in [0.29, 0.717) is 16.7 Å². The summed E-state index contributed by atoms with van der Waals surface area (Å²) in [5.74, 6) is 1.14. The van der Waals surface area contributed by atoms with Crippen LogP contribution in [0.5, 0.6) is 0 Å². The molecule has 0 radical (unpaired) electrons. The van der Waals surface area contributed by atoms with E-state index < -0.39 is 0 Å². The van der Waals surface area contributed by atoms with E-state index in [2.05, 4.69) is 10.2 Å². The van der Waals surface area contributed by atoms with Crippen LogP contribution >= 0.6 is 11.8 Å². The maximum Gasteiger partial charge on any atom is 0.253 e. The van der Waals surface area contributed by atoms with Crippen LogP contribution in [0.3, 0.4) is 0 Å². The van der Waals surface area contributed by atoms with Crippen molar-refractivity contribution >= 4 is 17.7 Å². The summed E-state index contributed by atoms with van der Waals surface area (Å²) in [6.07, 6.45) is 2.15. The second kappa shape index (κ2) is 9.81. The van der Waals surface area contributed by atoms with Crippen LogP contribution in [0.15, 0.2) is 78.0 Å². The number of halogens is 1. The van der Waals surface area contributed by atoms with E-state index in [1.54, 1.807) is 23.9 Å². The van der Waals surface area contributed by atoms with Gasteiger partial charge in [-0.3, -0.25) is 9.36 Å². The van der Waals surface area contributed by atoms with Gasteiger partial charge in [0.25, 0.3) is 5.91 Å². The molecule has 1 amide bonds. The number of nitrogens with zero attached hydrogens (tertiary/aromatic N) is 4. The van der Waals surface area contributed by atoms with Crippen LogP contribution in [0.4, 0.5) is 4.39 Å². The van der Waals surface area contributed by atoms with Crippen LogP contribution in [-0.4, -0.2) is 38.7 Å². The molecule has 0 N–H and O–H groups in total. The van der Waals surface area contributed by atoms with Crippen molar-refractivity contribution in [2.75, 3.05) is 13.1 Å². The number of hydrogen-bond donors (Lipinski definition) is 0. The third-order valence-corrected chi connectivity index (χ3v) is 6.96. The number of aromatic nitrogens is 3. The molecule has 1 fully saturated rings. The second-order valence-electron chi connectivity index (χ2n) is 8.47. The molecule has 0 unspecified atom stereocenters. The molecule has 172 valence electrons. The molecule has 3 aromatic carbocycles. The third kappa shape index (κ3) is 4.75. The lowest BCUT2D eigenvalue weighted by molar-refractivity contribution is 0.0792. The molecule has 0 spiro atoms. The number of rotatable bonds is 6. The molecule has 1 aliphatic rings. The molecule has 4 aromatic rings. The van der Waals surface area contributed by atoms with E-state index in [-0.39, 0.29) is 11.7 Å². The normalized spacial score (nSPS) is 13.4. The Hall–Kier alpha value is -3.45. The van der Waals surface area contributed by atoms with Crippen molar-refractivity contribution in [1.29, 1.82) is 0 Å². The summed E-state index contributed by atoms with van der Waals surface area (Å²) in [5, 5.41) is 9.63. The molecule has 1 saturated heterocycles. The van der Waals surface area contributed by atoms with E-state index in [0.717, 1.165) is 53.9 Å². The summed E-state index contributed by atoms with van der Waals surface area (Å²) in [7, 11) is 0. The fourth-order valence-corrected chi connectivity index (χ4v) is 5.02. The highest BCUT2D eigenvalue weighted by molar-refractivity contribution is 7.98. The van der Waals surface area contributed by atoms with Crippen molar-refractivity contribution in [3.8, 4) is 17.1 Å². The lowest BCUT2D eigenvalue weighted by atomic mass is 10.1. The Balaban J connectivity index is 1.43. The zero-order valence-corrected chi connectivity index (χ0v) is 19.8. The van der Waals surface area contributed by atoms with Gasteiger partial charge >= 0.3 is 0 Å². The van der Waals surface area contributed by atoms with E-state index in [4.69, 9.17) is 0 Å². The Morgan fingerprint density at radius 3 is 2.44 bits per heavy atom. The predicted octanol–water partition coefficient (Wildman–Crippen LogP) is 5.91. The van der Waals surface area contributed by atoms with E-state index in [1.165, 1.54) is 12.1 Å². The monoisotopic (exact) mass is 472 g/mol. The fourth-order valence-electron chi connectivity index (χ4n) is 4.12. The number of benzene rings is 3. The number of amides is 1. The minimum absolute atomic E-state index is 0.0977. The first-order chi connectivity index (χ1) is 16.6. The summed E-state index contributed by atoms with van der Waals surface area (Å²) in [4.78, 5) is 14.7. The Labute approximate surface area is 202 Å². The Morgan fingerprint density at radius 2 is 1.71 bits per heavy atom. The first kappa shape index (κ1) is 22.3. The maximum absolute atomic E-state index is 13.6. The SMILES string of the molecule is Cc1ccc(-c2nnc(SCc3cccc(C(=O)N4CCCC4)c3)n2-c2ccc(F)cc2)cc1. The van der Waals surface area contributed by atoms with Crippen molar-refractivity contribution in [2.24, 2.45) is 0 Å². The second-order valence-corrected chi connectivity index (χ2v) is 9.41. The first-order valence-corrected chi connectivity index (χ1v) is 12.4. The molecule has 1 aliphatic heterocycles. The average molecular weight is 473 g/mol. The van der Waals surface area contributed by atoms with Gasteiger partial charge < -0.3 is 4.90 Å². The van der Waals surface area contributed by atoms with Gasteiger partial charge in [0, 0.05) is 35.7 Å². The topological polar surface area (TPSA) is 51.0 Å². The number of aryl methyl sites for hydroxylation is 1. The molecule has 34 heavy (non-hydrogen) atoms. The van der Waals surface area contributed by atoms with Gasteiger partial charge in [0.2, 0.25) is 0 Å². The van der Waals surface area contributed by atoms with E-state index in [9.17, 15) is 9.18 Å². The van der Waals surface area contributed by atoms with Gasteiger partial charge in [0.05, 0.1) is 0 Å². The molecule has 5 nitrogen and oxygen atoms in total. The predicted molar refractivity (Wildman–Crippen MR) is 133 cm³/mol. The van der Waals surface area contributed by atoms with Gasteiger partial charge in [0.15, 0.2) is 11.0 Å². The highest BCUT2D eigenvalue weighted by Crippen LogP contribution is 2.30. The minimum atomic E-state index is -0.289. The summed E-state index contributed by atoms with van der Waals surface area (Å²) >= 11 is 1.54. The molecular weight excluding hydrogens is 447 g/mol. The van der Waals surface area contributed by atoms with Crippen molar-refractivity contribution in [3.05, 3.63) is 95.3 Å². The van der Waals surface area contributed by atoms with Crippen LogP contribution in [0.1, 0.15) is 34.3 Å². The third-order valence-electron chi connectivity index (χ3n) is 5.96. The molecule has 0 saturated carbocycles.